The molecule has 0 bridgehead atoms. The van der Waals surface area contributed by atoms with E-state index in [0.717, 1.165) is 13.1 Å². The van der Waals surface area contributed by atoms with E-state index in [2.05, 4.69) is 25.7 Å². The Bertz CT molecular complexity index is 221. The molecule has 1 saturated heterocycles. The number of carbonyl (C=O) groups excluding carboxylic acids is 1. The van der Waals surface area contributed by atoms with Crippen molar-refractivity contribution in [3.8, 4) is 0 Å². The second kappa shape index (κ2) is 5.11. The van der Waals surface area contributed by atoms with Gasteiger partial charge in [-0.25, -0.2) is 0 Å². The summed E-state index contributed by atoms with van der Waals surface area (Å²) in [6.45, 7) is 10.8. The number of hydrogen-bond donors (Lipinski definition) is 0. The molecule has 0 saturated carbocycles. The Hall–Kier alpha value is -0.370. The van der Waals surface area contributed by atoms with E-state index in [4.69, 9.17) is 0 Å². The van der Waals surface area contributed by atoms with Crippen LogP contribution in [0.4, 0.5) is 0 Å². The van der Waals surface area contributed by atoms with Crippen LogP contribution in [0.3, 0.4) is 0 Å². The van der Waals surface area contributed by atoms with E-state index < -0.39 is 0 Å². The highest BCUT2D eigenvalue weighted by Gasteiger charge is 2.37. The Labute approximate surface area is 94.0 Å². The summed E-state index contributed by atoms with van der Waals surface area (Å²) in [5.41, 5.74) is 0.488. The first kappa shape index (κ1) is 12.7. The summed E-state index contributed by atoms with van der Waals surface area (Å²) >= 11 is 0. The summed E-state index contributed by atoms with van der Waals surface area (Å²) in [6.07, 6.45) is 4.42. The van der Waals surface area contributed by atoms with Crippen molar-refractivity contribution in [1.29, 1.82) is 0 Å². The molecule has 2 heteroatoms. The van der Waals surface area contributed by atoms with Crippen molar-refractivity contribution in [1.82, 2.24) is 4.90 Å². The van der Waals surface area contributed by atoms with Gasteiger partial charge in [-0.05, 0) is 38.1 Å². The number of rotatable bonds is 5. The third-order valence-electron chi connectivity index (χ3n) is 4.33. The van der Waals surface area contributed by atoms with Gasteiger partial charge in [0, 0.05) is 13.0 Å². The zero-order valence-corrected chi connectivity index (χ0v) is 10.7. The lowest BCUT2D eigenvalue weighted by atomic mass is 9.82. The van der Waals surface area contributed by atoms with Crippen LogP contribution in [0, 0.1) is 5.41 Å². The quantitative estimate of drug-likeness (QED) is 0.697. The molecule has 1 fully saturated rings. The molecule has 0 aromatic carbocycles. The predicted molar refractivity (Wildman–Crippen MR) is 64.0 cm³/mol. The normalized spacial score (nSPS) is 22.9. The van der Waals surface area contributed by atoms with Crippen molar-refractivity contribution in [3.63, 3.8) is 0 Å². The number of likely N-dealkylation sites (tertiary alicyclic amines) is 1. The van der Waals surface area contributed by atoms with Crippen molar-refractivity contribution in [2.24, 2.45) is 5.41 Å². The third kappa shape index (κ3) is 2.60. The SMILES string of the molecule is CCC(=O)C(C)N1CCC(CC)(CC)C1. The highest BCUT2D eigenvalue weighted by molar-refractivity contribution is 5.83. The molecule has 1 unspecified atom stereocenters. The minimum absolute atomic E-state index is 0.134. The molecule has 0 spiro atoms. The number of hydrogen-bond acceptors (Lipinski definition) is 2. The maximum absolute atomic E-state index is 11.6. The van der Waals surface area contributed by atoms with Crippen molar-refractivity contribution >= 4 is 5.78 Å². The lowest BCUT2D eigenvalue weighted by Gasteiger charge is -2.28. The zero-order valence-electron chi connectivity index (χ0n) is 10.7. The van der Waals surface area contributed by atoms with E-state index in [1.807, 2.05) is 6.92 Å². The smallest absolute Gasteiger partial charge is 0.149 e. The first-order valence-electron chi connectivity index (χ1n) is 6.35. The minimum atomic E-state index is 0.134. The van der Waals surface area contributed by atoms with Gasteiger partial charge in [0.25, 0.3) is 0 Å². The molecule has 1 rings (SSSR count). The van der Waals surface area contributed by atoms with Crippen LogP contribution in [0.1, 0.15) is 53.4 Å². The molecular formula is C13H25NO. The summed E-state index contributed by atoms with van der Waals surface area (Å²) in [4.78, 5) is 14.0. The predicted octanol–water partition coefficient (Wildman–Crippen LogP) is 2.87. The summed E-state index contributed by atoms with van der Waals surface area (Å²) < 4.78 is 0. The molecule has 0 N–H and O–H groups in total. The average Bonchev–Trinajstić information content (AvgIpc) is 2.72. The fourth-order valence-corrected chi connectivity index (χ4v) is 2.63. The van der Waals surface area contributed by atoms with Crippen LogP contribution in [-0.2, 0) is 4.79 Å². The second-order valence-electron chi connectivity index (χ2n) is 4.92. The minimum Gasteiger partial charge on any atom is -0.298 e. The fraction of sp³-hybridized carbons (Fsp3) is 0.923. The van der Waals surface area contributed by atoms with Crippen LogP contribution >= 0.6 is 0 Å². The highest BCUT2D eigenvalue weighted by atomic mass is 16.1. The highest BCUT2D eigenvalue weighted by Crippen LogP contribution is 2.37. The van der Waals surface area contributed by atoms with Crippen molar-refractivity contribution < 1.29 is 4.79 Å². The Balaban J connectivity index is 2.59. The molecule has 88 valence electrons. The summed E-state index contributed by atoms with van der Waals surface area (Å²) in [5.74, 6) is 0.387. The van der Waals surface area contributed by atoms with E-state index in [1.165, 1.54) is 19.3 Å². The van der Waals surface area contributed by atoms with Crippen molar-refractivity contribution in [3.05, 3.63) is 0 Å². The van der Waals surface area contributed by atoms with Crippen LogP contribution < -0.4 is 0 Å². The van der Waals surface area contributed by atoms with Gasteiger partial charge in [-0.15, -0.1) is 0 Å². The van der Waals surface area contributed by atoms with Crippen molar-refractivity contribution in [2.75, 3.05) is 13.1 Å². The molecule has 0 amide bonds. The average molecular weight is 211 g/mol. The van der Waals surface area contributed by atoms with Gasteiger partial charge in [-0.2, -0.15) is 0 Å². The van der Waals surface area contributed by atoms with Gasteiger partial charge in [-0.1, -0.05) is 20.8 Å². The van der Waals surface area contributed by atoms with Crippen LogP contribution in [0.15, 0.2) is 0 Å². The monoisotopic (exact) mass is 211 g/mol. The maximum atomic E-state index is 11.6. The molecule has 0 aliphatic carbocycles. The molecule has 15 heavy (non-hydrogen) atoms. The maximum Gasteiger partial charge on any atom is 0.149 e. The number of ketones is 1. The molecule has 0 aromatic rings. The third-order valence-corrected chi connectivity index (χ3v) is 4.33. The topological polar surface area (TPSA) is 20.3 Å². The molecule has 1 aliphatic heterocycles. The Kier molecular flexibility index (Phi) is 4.32. The van der Waals surface area contributed by atoms with Crippen molar-refractivity contribution in [2.45, 2.75) is 59.4 Å². The van der Waals surface area contributed by atoms with Gasteiger partial charge in [0.05, 0.1) is 6.04 Å². The van der Waals surface area contributed by atoms with Crippen LogP contribution in [-0.4, -0.2) is 29.8 Å². The van der Waals surface area contributed by atoms with Gasteiger partial charge in [-0.3, -0.25) is 9.69 Å². The molecule has 0 radical (unpaired) electrons. The summed E-state index contributed by atoms with van der Waals surface area (Å²) in [5, 5.41) is 0. The lowest BCUT2D eigenvalue weighted by Crippen LogP contribution is -2.38. The Morgan fingerprint density at radius 3 is 2.33 bits per heavy atom. The van der Waals surface area contributed by atoms with E-state index in [0.29, 0.717) is 17.6 Å². The van der Waals surface area contributed by atoms with E-state index in [-0.39, 0.29) is 6.04 Å². The summed E-state index contributed by atoms with van der Waals surface area (Å²) in [6, 6.07) is 0.134. The second-order valence-corrected chi connectivity index (χ2v) is 4.92. The lowest BCUT2D eigenvalue weighted by molar-refractivity contribution is -0.123. The van der Waals surface area contributed by atoms with E-state index in [1.54, 1.807) is 0 Å². The molecule has 1 heterocycles. The van der Waals surface area contributed by atoms with Gasteiger partial charge >= 0.3 is 0 Å². The van der Waals surface area contributed by atoms with Crippen LogP contribution in [0.2, 0.25) is 0 Å². The molecular weight excluding hydrogens is 186 g/mol. The molecule has 1 atom stereocenters. The molecule has 0 aromatic heterocycles. The van der Waals surface area contributed by atoms with Gasteiger partial charge in [0.2, 0.25) is 0 Å². The summed E-state index contributed by atoms with van der Waals surface area (Å²) in [7, 11) is 0. The first-order chi connectivity index (χ1) is 7.08. The van der Waals surface area contributed by atoms with Gasteiger partial charge in [0.15, 0.2) is 0 Å². The first-order valence-corrected chi connectivity index (χ1v) is 6.35. The Morgan fingerprint density at radius 2 is 1.93 bits per heavy atom. The van der Waals surface area contributed by atoms with Gasteiger partial charge in [0.1, 0.15) is 5.78 Å². The van der Waals surface area contributed by atoms with Crippen LogP contribution in [0.5, 0.6) is 0 Å². The van der Waals surface area contributed by atoms with Crippen LogP contribution in [0.25, 0.3) is 0 Å². The fourth-order valence-electron chi connectivity index (χ4n) is 2.63. The molecule has 1 aliphatic rings. The zero-order chi connectivity index (χ0) is 11.5. The molecule has 2 nitrogen and oxygen atoms in total. The van der Waals surface area contributed by atoms with E-state index in [9.17, 15) is 4.79 Å². The number of carbonyl (C=O) groups is 1. The van der Waals surface area contributed by atoms with Gasteiger partial charge < -0.3 is 0 Å². The van der Waals surface area contributed by atoms with E-state index >= 15 is 0 Å². The Morgan fingerprint density at radius 1 is 1.33 bits per heavy atom. The number of Topliss-reactive ketones (excluding diaryl/α,β-unsaturated/α-hetero) is 1. The number of nitrogens with zero attached hydrogens (tertiary/aromatic N) is 1. The standard InChI is InChI=1S/C13H25NO/c1-5-12(15)11(4)14-9-8-13(6-2,7-3)10-14/h11H,5-10H2,1-4H3. The largest absolute Gasteiger partial charge is 0.298 e.